The number of nitrogens with two attached hydrogens (primary N) is 1. The fraction of sp³-hybridized carbons (Fsp3) is 0.593. The Morgan fingerprint density at radius 3 is 2.31 bits per heavy atom. The van der Waals surface area contributed by atoms with E-state index in [9.17, 15) is 31.1 Å². The Labute approximate surface area is 240 Å². The first kappa shape index (κ1) is 33.3. The van der Waals surface area contributed by atoms with Crippen LogP contribution in [-0.2, 0) is 6.18 Å². The maximum atomic E-state index is 13.7. The Morgan fingerprint density at radius 2 is 1.71 bits per heavy atom. The number of alkyl halides is 6. The number of aromatic nitrogens is 2. The minimum atomic E-state index is -4.75. The Kier molecular flexibility index (Phi) is 11.4. The lowest BCUT2D eigenvalue weighted by Gasteiger charge is -2.35. The molecular formula is C27H37F6N7O2. The SMILES string of the molecule is CN1CCC(N(C)C(=O)c2ccc(Nc3ncc(C(F)(F)F)c(NC4CCC[C@@H]4CCC(F)(F)F)n3)cc2)CC1.NO. The van der Waals surface area contributed by atoms with Gasteiger partial charge < -0.3 is 25.6 Å². The van der Waals surface area contributed by atoms with Crippen LogP contribution in [0.5, 0.6) is 0 Å². The summed E-state index contributed by atoms with van der Waals surface area (Å²) in [4.78, 5) is 24.8. The average Bonchev–Trinajstić information content (AvgIpc) is 3.39. The Bertz CT molecular complexity index is 1160. The van der Waals surface area contributed by atoms with Crippen molar-refractivity contribution >= 4 is 23.4 Å². The van der Waals surface area contributed by atoms with Crippen LogP contribution in [0.4, 0.5) is 43.8 Å². The van der Waals surface area contributed by atoms with Gasteiger partial charge in [-0.1, -0.05) is 6.42 Å². The van der Waals surface area contributed by atoms with Gasteiger partial charge in [0.25, 0.3) is 5.91 Å². The van der Waals surface area contributed by atoms with Gasteiger partial charge in [0, 0.05) is 43.0 Å². The summed E-state index contributed by atoms with van der Waals surface area (Å²) in [6.07, 6.45) is -6.18. The standard InChI is InChI=1S/C27H34F6N6O.H3NO/c1-38-14-11-20(12-15-38)39(2)24(40)18-6-8-19(9-7-18)35-25-34-16-21(27(31,32)33)23(37-25)36-22-5-3-4-17(22)10-13-26(28,29)30;1-2/h6-9,16-17,20,22H,3-5,10-15H2,1-2H3,(H2,34,35,36,37);2H,1H2/t17-,22?;/m1./s1. The first-order chi connectivity index (χ1) is 19.8. The number of rotatable bonds is 8. The van der Waals surface area contributed by atoms with Crippen molar-refractivity contribution in [3.05, 3.63) is 41.6 Å². The highest BCUT2D eigenvalue weighted by molar-refractivity contribution is 5.94. The van der Waals surface area contributed by atoms with Gasteiger partial charge in [-0.2, -0.15) is 31.3 Å². The smallest absolute Gasteiger partial charge is 0.366 e. The van der Waals surface area contributed by atoms with Crippen molar-refractivity contribution in [1.29, 1.82) is 0 Å². The summed E-state index contributed by atoms with van der Waals surface area (Å²) < 4.78 is 79.3. The normalized spacial score (nSPS) is 20.0. The number of piperidine rings is 1. The van der Waals surface area contributed by atoms with Crippen LogP contribution in [0.15, 0.2) is 30.5 Å². The van der Waals surface area contributed by atoms with Gasteiger partial charge in [-0.15, -0.1) is 0 Å². The Balaban J connectivity index is 0.00000237. The van der Waals surface area contributed by atoms with E-state index in [-0.39, 0.29) is 24.3 Å². The first-order valence-corrected chi connectivity index (χ1v) is 13.7. The molecule has 1 unspecified atom stereocenters. The number of carbonyl (C=O) groups excluding carboxylic acids is 1. The molecule has 1 aliphatic heterocycles. The zero-order valence-corrected chi connectivity index (χ0v) is 23.5. The van der Waals surface area contributed by atoms with Crippen LogP contribution in [-0.4, -0.2) is 76.3 Å². The number of anilines is 3. The predicted octanol–water partition coefficient (Wildman–Crippen LogP) is 5.66. The second kappa shape index (κ2) is 14.3. The molecule has 2 heterocycles. The third-order valence-electron chi connectivity index (χ3n) is 7.82. The number of nitrogens with one attached hydrogen (secondary N) is 2. The zero-order valence-electron chi connectivity index (χ0n) is 23.5. The van der Waals surface area contributed by atoms with Crippen LogP contribution in [0.3, 0.4) is 0 Å². The van der Waals surface area contributed by atoms with Crippen molar-refractivity contribution < 1.29 is 36.3 Å². The van der Waals surface area contributed by atoms with Crippen molar-refractivity contribution in [2.24, 2.45) is 11.8 Å². The van der Waals surface area contributed by atoms with Crippen LogP contribution in [0.2, 0.25) is 0 Å². The molecule has 5 N–H and O–H groups in total. The van der Waals surface area contributed by atoms with Crippen LogP contribution < -0.4 is 16.5 Å². The summed E-state index contributed by atoms with van der Waals surface area (Å²) in [5.41, 5.74) is -0.140. The largest absolute Gasteiger partial charge is 0.421 e. The molecule has 4 rings (SSSR count). The molecule has 9 nitrogen and oxygen atoms in total. The van der Waals surface area contributed by atoms with E-state index in [0.29, 0.717) is 36.7 Å². The number of benzene rings is 1. The van der Waals surface area contributed by atoms with Crippen molar-refractivity contribution in [1.82, 2.24) is 19.8 Å². The zero-order chi connectivity index (χ0) is 31.1. The lowest BCUT2D eigenvalue weighted by Crippen LogP contribution is -2.44. The number of amides is 1. The van der Waals surface area contributed by atoms with E-state index in [2.05, 4.69) is 31.4 Å². The van der Waals surface area contributed by atoms with E-state index in [1.54, 1.807) is 36.2 Å². The molecule has 0 radical (unpaired) electrons. The lowest BCUT2D eigenvalue weighted by molar-refractivity contribution is -0.138. The number of hydrogen-bond donors (Lipinski definition) is 4. The highest BCUT2D eigenvalue weighted by atomic mass is 19.4. The van der Waals surface area contributed by atoms with E-state index in [1.165, 1.54) is 0 Å². The minimum Gasteiger partial charge on any atom is -0.366 e. The highest BCUT2D eigenvalue weighted by Gasteiger charge is 2.38. The van der Waals surface area contributed by atoms with Gasteiger partial charge in [0.15, 0.2) is 0 Å². The molecular weight excluding hydrogens is 568 g/mol. The van der Waals surface area contributed by atoms with Crippen molar-refractivity contribution in [3.63, 3.8) is 0 Å². The lowest BCUT2D eigenvalue weighted by atomic mass is 9.97. The summed E-state index contributed by atoms with van der Waals surface area (Å²) in [6, 6.07) is 6.09. The van der Waals surface area contributed by atoms with Crippen LogP contribution in [0.25, 0.3) is 0 Å². The number of halogens is 6. The number of carbonyl (C=O) groups is 1. The van der Waals surface area contributed by atoms with Crippen LogP contribution >= 0.6 is 0 Å². The van der Waals surface area contributed by atoms with Gasteiger partial charge in [-0.25, -0.2) is 10.9 Å². The molecule has 1 saturated heterocycles. The summed E-state index contributed by atoms with van der Waals surface area (Å²) in [5, 5.41) is 12.1. The van der Waals surface area contributed by atoms with Gasteiger partial charge in [-0.3, -0.25) is 4.79 Å². The Hall–Kier alpha value is -3.17. The molecule has 2 atom stereocenters. The maximum Gasteiger partial charge on any atom is 0.421 e. The monoisotopic (exact) mass is 605 g/mol. The highest BCUT2D eigenvalue weighted by Crippen LogP contribution is 2.38. The number of hydrogen-bond acceptors (Lipinski definition) is 8. The molecule has 1 saturated carbocycles. The van der Waals surface area contributed by atoms with E-state index in [4.69, 9.17) is 5.21 Å². The first-order valence-electron chi connectivity index (χ1n) is 13.7. The van der Waals surface area contributed by atoms with E-state index < -0.39 is 42.1 Å². The van der Waals surface area contributed by atoms with E-state index in [1.807, 2.05) is 7.05 Å². The van der Waals surface area contributed by atoms with Gasteiger partial charge in [-0.05, 0) is 82.4 Å². The molecule has 2 aliphatic rings. The van der Waals surface area contributed by atoms with Crippen molar-refractivity contribution in [2.75, 3.05) is 37.8 Å². The van der Waals surface area contributed by atoms with E-state index in [0.717, 1.165) is 25.9 Å². The summed E-state index contributed by atoms with van der Waals surface area (Å²) in [6.45, 7) is 1.84. The molecule has 0 spiro atoms. The van der Waals surface area contributed by atoms with Gasteiger partial charge in [0.05, 0.1) is 0 Å². The molecule has 1 aromatic heterocycles. The Morgan fingerprint density at radius 1 is 1.07 bits per heavy atom. The van der Waals surface area contributed by atoms with Crippen molar-refractivity contribution in [3.8, 4) is 0 Å². The number of likely N-dealkylation sites (tertiary alicyclic amines) is 1. The summed E-state index contributed by atoms with van der Waals surface area (Å²) >= 11 is 0. The third kappa shape index (κ3) is 9.16. The summed E-state index contributed by atoms with van der Waals surface area (Å²) in [5.74, 6) is 2.39. The molecule has 1 aromatic carbocycles. The van der Waals surface area contributed by atoms with E-state index >= 15 is 0 Å². The molecule has 2 fully saturated rings. The molecule has 42 heavy (non-hydrogen) atoms. The third-order valence-corrected chi connectivity index (χ3v) is 7.82. The van der Waals surface area contributed by atoms with Gasteiger partial charge in [0.1, 0.15) is 11.4 Å². The van der Waals surface area contributed by atoms with Crippen molar-refractivity contribution in [2.45, 2.75) is 69.4 Å². The average molecular weight is 606 g/mol. The molecule has 15 heteroatoms. The molecule has 234 valence electrons. The van der Waals surface area contributed by atoms with Gasteiger partial charge >= 0.3 is 12.4 Å². The second-order valence-electron chi connectivity index (χ2n) is 10.7. The van der Waals surface area contributed by atoms with Crippen LogP contribution in [0, 0.1) is 5.92 Å². The molecule has 1 amide bonds. The predicted molar refractivity (Wildman–Crippen MR) is 145 cm³/mol. The molecule has 0 bridgehead atoms. The second-order valence-corrected chi connectivity index (χ2v) is 10.7. The maximum absolute atomic E-state index is 13.7. The molecule has 1 aliphatic carbocycles. The quantitative estimate of drug-likeness (QED) is 0.225. The summed E-state index contributed by atoms with van der Waals surface area (Å²) in [7, 11) is 3.83. The van der Waals surface area contributed by atoms with Gasteiger partial charge in [0.2, 0.25) is 5.95 Å². The fourth-order valence-corrected chi connectivity index (χ4v) is 5.43. The number of nitrogens with zero attached hydrogens (tertiary/aromatic N) is 4. The topological polar surface area (TPSA) is 120 Å². The fourth-order valence-electron chi connectivity index (χ4n) is 5.43. The van der Waals surface area contributed by atoms with Crippen LogP contribution in [0.1, 0.15) is 60.9 Å². The molecule has 2 aromatic rings. The minimum absolute atomic E-state index is 0.108.